The van der Waals surface area contributed by atoms with Crippen LogP contribution in [0.15, 0.2) is 22.7 Å². The zero-order valence-corrected chi connectivity index (χ0v) is 11.7. The summed E-state index contributed by atoms with van der Waals surface area (Å²) in [5, 5.41) is 0. The summed E-state index contributed by atoms with van der Waals surface area (Å²) < 4.78 is 13.9. The number of hydrogen-bond acceptors (Lipinski definition) is 1. The summed E-state index contributed by atoms with van der Waals surface area (Å²) in [5.74, 6) is 1.88. The second kappa shape index (κ2) is 4.76. The normalized spacial score (nSPS) is 29.8. The summed E-state index contributed by atoms with van der Waals surface area (Å²) in [6.07, 6.45) is 5.74. The summed E-state index contributed by atoms with van der Waals surface area (Å²) in [4.78, 5) is 12.2. The fraction of sp³-hybridized carbons (Fsp3) is 0.533. The van der Waals surface area contributed by atoms with Gasteiger partial charge in [0.1, 0.15) is 5.82 Å². The van der Waals surface area contributed by atoms with E-state index < -0.39 is 0 Å². The number of halogens is 2. The molecule has 1 aromatic carbocycles. The third-order valence-electron chi connectivity index (χ3n) is 4.52. The number of Topliss-reactive ketones (excluding diaryl/α,β-unsaturated/α-hetero) is 1. The van der Waals surface area contributed by atoms with Crippen LogP contribution >= 0.6 is 15.9 Å². The van der Waals surface area contributed by atoms with Gasteiger partial charge in [0.15, 0.2) is 5.78 Å². The average molecular weight is 311 g/mol. The first-order chi connectivity index (χ1) is 8.61. The molecule has 0 aliphatic heterocycles. The molecule has 2 saturated carbocycles. The van der Waals surface area contributed by atoms with Crippen LogP contribution in [0.25, 0.3) is 0 Å². The van der Waals surface area contributed by atoms with Crippen LogP contribution in [-0.2, 0) is 0 Å². The Morgan fingerprint density at radius 3 is 2.72 bits per heavy atom. The Labute approximate surface area is 115 Å². The van der Waals surface area contributed by atoms with Crippen LogP contribution in [-0.4, -0.2) is 5.78 Å². The molecule has 2 bridgehead atoms. The van der Waals surface area contributed by atoms with Crippen LogP contribution in [0, 0.1) is 23.6 Å². The molecule has 0 amide bonds. The van der Waals surface area contributed by atoms with Gasteiger partial charge in [-0.25, -0.2) is 4.39 Å². The van der Waals surface area contributed by atoms with Gasteiger partial charge in [0.2, 0.25) is 0 Å². The van der Waals surface area contributed by atoms with Crippen molar-refractivity contribution in [2.45, 2.75) is 32.1 Å². The molecule has 3 unspecified atom stereocenters. The van der Waals surface area contributed by atoms with Gasteiger partial charge in [0, 0.05) is 16.5 Å². The molecule has 0 radical (unpaired) electrons. The van der Waals surface area contributed by atoms with Crippen molar-refractivity contribution in [2.24, 2.45) is 17.8 Å². The van der Waals surface area contributed by atoms with Crippen molar-refractivity contribution in [3.63, 3.8) is 0 Å². The van der Waals surface area contributed by atoms with E-state index in [0.29, 0.717) is 22.4 Å². The van der Waals surface area contributed by atoms with Gasteiger partial charge in [-0.15, -0.1) is 0 Å². The zero-order valence-electron chi connectivity index (χ0n) is 10.2. The zero-order chi connectivity index (χ0) is 12.7. The van der Waals surface area contributed by atoms with E-state index in [1.54, 1.807) is 6.07 Å². The highest BCUT2D eigenvalue weighted by molar-refractivity contribution is 9.10. The number of rotatable bonds is 3. The Kier molecular flexibility index (Phi) is 3.27. The molecular formula is C15H16BrFO. The number of benzene rings is 1. The van der Waals surface area contributed by atoms with E-state index in [0.717, 1.165) is 11.8 Å². The molecule has 96 valence electrons. The highest BCUT2D eigenvalue weighted by atomic mass is 79.9. The molecule has 2 fully saturated rings. The van der Waals surface area contributed by atoms with Crippen LogP contribution in [0.5, 0.6) is 0 Å². The molecule has 1 aromatic rings. The highest BCUT2D eigenvalue weighted by Gasteiger charge is 2.40. The Bertz CT molecular complexity index is 465. The summed E-state index contributed by atoms with van der Waals surface area (Å²) >= 11 is 3.23. The minimum Gasteiger partial charge on any atom is -0.294 e. The predicted octanol–water partition coefficient (Wildman–Crippen LogP) is 4.60. The minimum absolute atomic E-state index is 0.0905. The van der Waals surface area contributed by atoms with Crippen molar-refractivity contribution in [1.82, 2.24) is 0 Å². The number of carbonyl (C=O) groups excluding carboxylic acids is 1. The first kappa shape index (κ1) is 12.3. The molecule has 3 rings (SSSR count). The van der Waals surface area contributed by atoms with Crippen molar-refractivity contribution >= 4 is 21.7 Å². The van der Waals surface area contributed by atoms with E-state index in [1.807, 2.05) is 0 Å². The van der Waals surface area contributed by atoms with Gasteiger partial charge in [-0.2, -0.15) is 0 Å². The monoisotopic (exact) mass is 310 g/mol. The van der Waals surface area contributed by atoms with Gasteiger partial charge in [0.05, 0.1) is 0 Å². The molecule has 0 spiro atoms. The van der Waals surface area contributed by atoms with E-state index in [-0.39, 0.29) is 11.6 Å². The number of hydrogen-bond donors (Lipinski definition) is 0. The van der Waals surface area contributed by atoms with Crippen molar-refractivity contribution < 1.29 is 9.18 Å². The Morgan fingerprint density at radius 2 is 2.11 bits per heavy atom. The SMILES string of the molecule is O=C(CC1CC2CCC1C2)c1cc(F)cc(Br)c1. The van der Waals surface area contributed by atoms with Crippen molar-refractivity contribution in [3.05, 3.63) is 34.1 Å². The topological polar surface area (TPSA) is 17.1 Å². The van der Waals surface area contributed by atoms with Crippen LogP contribution in [0.4, 0.5) is 4.39 Å². The minimum atomic E-state index is -0.347. The molecular weight excluding hydrogens is 295 g/mol. The lowest BCUT2D eigenvalue weighted by atomic mass is 9.84. The average Bonchev–Trinajstić information content (AvgIpc) is 2.89. The second-order valence-electron chi connectivity index (χ2n) is 5.72. The maximum absolute atomic E-state index is 13.3. The Balaban J connectivity index is 1.71. The van der Waals surface area contributed by atoms with E-state index in [4.69, 9.17) is 0 Å². The molecule has 2 aliphatic rings. The van der Waals surface area contributed by atoms with Crippen LogP contribution in [0.1, 0.15) is 42.5 Å². The molecule has 2 aliphatic carbocycles. The summed E-state index contributed by atoms with van der Waals surface area (Å²) in [6, 6.07) is 4.45. The molecule has 3 atom stereocenters. The number of fused-ring (bicyclic) bond motifs is 2. The molecule has 0 heterocycles. The fourth-order valence-electron chi connectivity index (χ4n) is 3.70. The van der Waals surface area contributed by atoms with Gasteiger partial charge in [0.25, 0.3) is 0 Å². The maximum atomic E-state index is 13.3. The van der Waals surface area contributed by atoms with Gasteiger partial charge in [-0.3, -0.25) is 4.79 Å². The predicted molar refractivity (Wildman–Crippen MR) is 72.0 cm³/mol. The largest absolute Gasteiger partial charge is 0.294 e. The molecule has 0 N–H and O–H groups in total. The first-order valence-electron chi connectivity index (χ1n) is 6.61. The lowest BCUT2D eigenvalue weighted by Gasteiger charge is -2.20. The van der Waals surface area contributed by atoms with E-state index >= 15 is 0 Å². The summed E-state index contributed by atoms with van der Waals surface area (Å²) in [7, 11) is 0. The third-order valence-corrected chi connectivity index (χ3v) is 4.97. The molecule has 18 heavy (non-hydrogen) atoms. The smallest absolute Gasteiger partial charge is 0.163 e. The maximum Gasteiger partial charge on any atom is 0.163 e. The summed E-state index contributed by atoms with van der Waals surface area (Å²) in [6.45, 7) is 0. The lowest BCUT2D eigenvalue weighted by molar-refractivity contribution is 0.0944. The van der Waals surface area contributed by atoms with E-state index in [9.17, 15) is 9.18 Å². The van der Waals surface area contributed by atoms with Crippen molar-refractivity contribution in [1.29, 1.82) is 0 Å². The van der Waals surface area contributed by atoms with Crippen molar-refractivity contribution in [3.8, 4) is 0 Å². The molecule has 0 saturated heterocycles. The van der Waals surface area contributed by atoms with Crippen LogP contribution < -0.4 is 0 Å². The number of ketones is 1. The van der Waals surface area contributed by atoms with Crippen LogP contribution in [0.2, 0.25) is 0 Å². The fourth-order valence-corrected chi connectivity index (χ4v) is 4.16. The highest BCUT2D eigenvalue weighted by Crippen LogP contribution is 2.49. The lowest BCUT2D eigenvalue weighted by Crippen LogP contribution is -2.15. The van der Waals surface area contributed by atoms with E-state index in [2.05, 4.69) is 15.9 Å². The van der Waals surface area contributed by atoms with Gasteiger partial charge in [-0.05, 0) is 55.2 Å². The number of carbonyl (C=O) groups is 1. The quantitative estimate of drug-likeness (QED) is 0.746. The van der Waals surface area contributed by atoms with E-state index in [1.165, 1.54) is 37.8 Å². The standard InChI is InChI=1S/C15H16BrFO/c16-13-5-12(6-14(17)8-13)15(18)7-11-4-9-1-2-10(11)3-9/h5-6,8-11H,1-4,7H2. The Hall–Kier alpha value is -0.700. The Morgan fingerprint density at radius 1 is 1.28 bits per heavy atom. The van der Waals surface area contributed by atoms with Crippen molar-refractivity contribution in [2.75, 3.05) is 0 Å². The third kappa shape index (κ3) is 2.37. The first-order valence-corrected chi connectivity index (χ1v) is 7.40. The summed E-state index contributed by atoms with van der Waals surface area (Å²) in [5.41, 5.74) is 0.504. The van der Waals surface area contributed by atoms with Gasteiger partial charge >= 0.3 is 0 Å². The second-order valence-corrected chi connectivity index (χ2v) is 6.64. The molecule has 0 aromatic heterocycles. The van der Waals surface area contributed by atoms with Crippen LogP contribution in [0.3, 0.4) is 0 Å². The van der Waals surface area contributed by atoms with Gasteiger partial charge in [-0.1, -0.05) is 22.4 Å². The van der Waals surface area contributed by atoms with Gasteiger partial charge < -0.3 is 0 Å². The molecule has 1 nitrogen and oxygen atoms in total. The molecule has 3 heteroatoms.